The van der Waals surface area contributed by atoms with Crippen molar-refractivity contribution in [2.45, 2.75) is 0 Å². The van der Waals surface area contributed by atoms with Crippen LogP contribution in [0.3, 0.4) is 0 Å². The molecule has 0 bridgehead atoms. The highest BCUT2D eigenvalue weighted by Gasteiger charge is 2.24. The van der Waals surface area contributed by atoms with E-state index < -0.39 is 10.8 Å². The van der Waals surface area contributed by atoms with Gasteiger partial charge in [-0.1, -0.05) is 66.7 Å². The minimum absolute atomic E-state index is 0.108. The highest BCUT2D eigenvalue weighted by Crippen LogP contribution is 2.33. The second-order valence-corrected chi connectivity index (χ2v) is 9.82. The second kappa shape index (κ2) is 8.72. The number of benzene rings is 2. The maximum Gasteiger partial charge on any atom is 0.324 e. The van der Waals surface area contributed by atoms with Crippen molar-refractivity contribution in [3.8, 4) is 0 Å². The van der Waals surface area contributed by atoms with Crippen molar-refractivity contribution in [3.05, 3.63) is 84.1 Å². The molecular weight excluding hydrogens is 556 g/mol. The normalized spacial score (nSPS) is 11.3. The minimum atomic E-state index is -0.522. The first-order chi connectivity index (χ1) is 14.4. The third-order valence-corrected chi connectivity index (χ3v) is 6.93. The van der Waals surface area contributed by atoms with E-state index in [2.05, 4.69) is 41.9 Å². The van der Waals surface area contributed by atoms with E-state index in [1.54, 1.807) is 6.21 Å². The van der Waals surface area contributed by atoms with Crippen molar-refractivity contribution in [1.82, 2.24) is 4.98 Å². The summed E-state index contributed by atoms with van der Waals surface area (Å²) in [4.78, 5) is 28.4. The summed E-state index contributed by atoms with van der Waals surface area (Å²) in [6, 6.07) is 15.8. The highest BCUT2D eigenvalue weighted by molar-refractivity contribution is 9.10. The lowest BCUT2D eigenvalue weighted by atomic mass is 10.2. The van der Waals surface area contributed by atoms with Crippen LogP contribution in [0, 0.1) is 10.1 Å². The molecule has 0 unspecified atom stereocenters. The van der Waals surface area contributed by atoms with E-state index in [4.69, 9.17) is 0 Å². The topological polar surface area (TPSA) is 88.7 Å². The molecule has 0 aliphatic carbocycles. The molecule has 30 heavy (non-hydrogen) atoms. The van der Waals surface area contributed by atoms with Crippen LogP contribution < -0.4 is 5.01 Å². The van der Waals surface area contributed by atoms with Crippen molar-refractivity contribution in [1.29, 1.82) is 0 Å². The van der Waals surface area contributed by atoms with Gasteiger partial charge < -0.3 is 0 Å². The molecule has 0 saturated carbocycles. The maximum atomic E-state index is 13.2. The Balaban J connectivity index is 1.75. The largest absolute Gasteiger partial charge is 0.324 e. The first-order valence-corrected chi connectivity index (χ1v) is 11.6. The van der Waals surface area contributed by atoms with Gasteiger partial charge in [0, 0.05) is 15.0 Å². The van der Waals surface area contributed by atoms with Gasteiger partial charge in [-0.25, -0.2) is 4.98 Å². The van der Waals surface area contributed by atoms with Gasteiger partial charge in [0.15, 0.2) is 0 Å². The first-order valence-electron chi connectivity index (χ1n) is 8.35. The number of hydrazone groups is 1. The highest BCUT2D eigenvalue weighted by atomic mass is 79.9. The summed E-state index contributed by atoms with van der Waals surface area (Å²) in [6.45, 7) is 0. The van der Waals surface area contributed by atoms with Gasteiger partial charge in [-0.2, -0.15) is 10.1 Å². The Kier molecular flexibility index (Phi) is 6.04. The van der Waals surface area contributed by atoms with Crippen molar-refractivity contribution in [2.24, 2.45) is 5.10 Å². The number of nitro groups is 1. The molecule has 1 amide bonds. The lowest BCUT2D eigenvalue weighted by molar-refractivity contribution is -0.380. The SMILES string of the molecule is O=C(c1ccc([N+](=O)[O-])s1)N(/N=C/c1ccc(Br)cc1)c1nc2ccc(Br)cc2s1. The molecule has 0 atom stereocenters. The molecule has 0 aliphatic rings. The summed E-state index contributed by atoms with van der Waals surface area (Å²) in [5, 5.41) is 16.8. The molecule has 11 heteroatoms. The number of nitrogens with zero attached hydrogens (tertiary/aromatic N) is 4. The summed E-state index contributed by atoms with van der Waals surface area (Å²) >= 11 is 8.92. The first kappa shape index (κ1) is 20.8. The molecule has 2 aromatic heterocycles. The van der Waals surface area contributed by atoms with Crippen LogP contribution in [0.4, 0.5) is 10.1 Å². The Bertz CT molecular complexity index is 1280. The quantitative estimate of drug-likeness (QED) is 0.157. The number of anilines is 1. The van der Waals surface area contributed by atoms with E-state index in [9.17, 15) is 14.9 Å². The number of aromatic nitrogens is 1. The second-order valence-electron chi connectivity index (χ2n) is 5.92. The van der Waals surface area contributed by atoms with Crippen LogP contribution in [0.1, 0.15) is 15.2 Å². The minimum Gasteiger partial charge on any atom is -0.266 e. The molecule has 0 spiro atoms. The van der Waals surface area contributed by atoms with Crippen molar-refractivity contribution in [2.75, 3.05) is 5.01 Å². The van der Waals surface area contributed by atoms with E-state index in [1.165, 1.54) is 28.5 Å². The molecule has 0 fully saturated rings. The molecule has 0 N–H and O–H groups in total. The van der Waals surface area contributed by atoms with Crippen molar-refractivity contribution >= 4 is 87.0 Å². The number of halogens is 2. The van der Waals surface area contributed by atoms with Gasteiger partial charge in [0.25, 0.3) is 5.91 Å². The third kappa shape index (κ3) is 4.48. The predicted molar refractivity (Wildman–Crippen MR) is 127 cm³/mol. The molecule has 0 aliphatic heterocycles. The molecule has 0 radical (unpaired) electrons. The van der Waals surface area contributed by atoms with E-state index >= 15 is 0 Å². The van der Waals surface area contributed by atoms with Gasteiger partial charge in [-0.3, -0.25) is 14.9 Å². The van der Waals surface area contributed by atoms with Crippen LogP contribution in [-0.4, -0.2) is 22.0 Å². The summed E-state index contributed by atoms with van der Waals surface area (Å²) in [6.07, 6.45) is 1.55. The van der Waals surface area contributed by atoms with Crippen LogP contribution in [0.15, 0.2) is 68.6 Å². The maximum absolute atomic E-state index is 13.2. The third-order valence-electron chi connectivity index (χ3n) is 3.89. The Morgan fingerprint density at radius 1 is 1.07 bits per heavy atom. The van der Waals surface area contributed by atoms with Crippen LogP contribution in [0.2, 0.25) is 0 Å². The number of carbonyl (C=O) groups is 1. The van der Waals surface area contributed by atoms with E-state index in [0.717, 1.165) is 36.1 Å². The van der Waals surface area contributed by atoms with Gasteiger partial charge in [-0.15, -0.1) is 0 Å². The van der Waals surface area contributed by atoms with E-state index in [1.807, 2.05) is 42.5 Å². The molecule has 7 nitrogen and oxygen atoms in total. The van der Waals surface area contributed by atoms with E-state index in [-0.39, 0.29) is 9.88 Å². The van der Waals surface area contributed by atoms with Crippen molar-refractivity contribution in [3.63, 3.8) is 0 Å². The van der Waals surface area contributed by atoms with Crippen LogP contribution in [0.25, 0.3) is 10.2 Å². The smallest absolute Gasteiger partial charge is 0.266 e. The van der Waals surface area contributed by atoms with E-state index in [0.29, 0.717) is 5.13 Å². The molecular formula is C19H10Br2N4O3S2. The number of carbonyl (C=O) groups excluding carboxylic acids is 1. The average molecular weight is 566 g/mol. The number of rotatable bonds is 5. The summed E-state index contributed by atoms with van der Waals surface area (Å²) < 4.78 is 2.71. The average Bonchev–Trinajstić information content (AvgIpc) is 3.36. The lowest BCUT2D eigenvalue weighted by Crippen LogP contribution is -2.24. The Morgan fingerprint density at radius 3 is 2.50 bits per heavy atom. The number of thiophene rings is 1. The molecule has 4 rings (SSSR count). The molecule has 0 saturated heterocycles. The lowest BCUT2D eigenvalue weighted by Gasteiger charge is -2.12. The van der Waals surface area contributed by atoms with Gasteiger partial charge in [0.05, 0.1) is 21.4 Å². The van der Waals surface area contributed by atoms with Crippen LogP contribution in [0.5, 0.6) is 0 Å². The fraction of sp³-hybridized carbons (Fsp3) is 0. The van der Waals surface area contributed by atoms with Crippen LogP contribution in [-0.2, 0) is 0 Å². The fourth-order valence-electron chi connectivity index (χ4n) is 2.48. The molecule has 150 valence electrons. The Morgan fingerprint density at radius 2 is 1.80 bits per heavy atom. The number of hydrogen-bond acceptors (Lipinski definition) is 7. The fourth-order valence-corrected chi connectivity index (χ4v) is 4.97. The summed E-state index contributed by atoms with van der Waals surface area (Å²) in [5.41, 5.74) is 1.52. The van der Waals surface area contributed by atoms with Crippen molar-refractivity contribution < 1.29 is 9.72 Å². The van der Waals surface area contributed by atoms with Crippen LogP contribution >= 0.6 is 54.5 Å². The molecule has 2 heterocycles. The number of hydrogen-bond donors (Lipinski definition) is 0. The zero-order valence-corrected chi connectivity index (χ0v) is 19.7. The van der Waals surface area contributed by atoms with Gasteiger partial charge >= 0.3 is 5.00 Å². The Labute approximate surface area is 195 Å². The van der Waals surface area contributed by atoms with Gasteiger partial charge in [0.2, 0.25) is 5.13 Å². The van der Waals surface area contributed by atoms with Gasteiger partial charge in [-0.05, 0) is 42.0 Å². The zero-order chi connectivity index (χ0) is 21.3. The Hall–Kier alpha value is -2.47. The van der Waals surface area contributed by atoms with Gasteiger partial charge in [0.1, 0.15) is 4.88 Å². The standard InChI is InChI=1S/C19H10Br2N4O3S2/c20-12-3-1-11(2-4-12)10-22-24(18(26)15-7-8-17(29-15)25(27)28)19-23-14-6-5-13(21)9-16(14)30-19/h1-10H/b22-10+. The summed E-state index contributed by atoms with van der Waals surface area (Å²) in [7, 11) is 0. The number of amides is 1. The number of thiazole rings is 1. The zero-order valence-electron chi connectivity index (χ0n) is 14.9. The molecule has 2 aromatic carbocycles. The predicted octanol–water partition coefficient (Wildman–Crippen LogP) is 6.47. The summed E-state index contributed by atoms with van der Waals surface area (Å²) in [5.74, 6) is -0.486. The molecule has 4 aromatic rings. The number of fused-ring (bicyclic) bond motifs is 1. The monoisotopic (exact) mass is 564 g/mol.